The average molecular weight is 598 g/mol. The summed E-state index contributed by atoms with van der Waals surface area (Å²) in [6, 6.07) is 4.03. The minimum Gasteiger partial charge on any atom is -0.481 e. The van der Waals surface area contributed by atoms with Gasteiger partial charge in [0.1, 0.15) is 0 Å². The summed E-state index contributed by atoms with van der Waals surface area (Å²) in [5, 5.41) is 14.2. The van der Waals surface area contributed by atoms with E-state index in [1.54, 1.807) is 31.9 Å². The molecule has 0 amide bonds. The molecule has 2 N–H and O–H groups in total. The fourth-order valence-electron chi connectivity index (χ4n) is 4.14. The Labute approximate surface area is 230 Å². The summed E-state index contributed by atoms with van der Waals surface area (Å²) < 4.78 is 80.7. The maximum Gasteiger partial charge on any atom is 0.490 e. The molecule has 11 nitrogen and oxygen atoms in total. The molecule has 0 aromatic carbocycles. The van der Waals surface area contributed by atoms with Crippen LogP contribution in [-0.2, 0) is 20.9 Å². The van der Waals surface area contributed by atoms with Crippen LogP contribution in [0.5, 0.6) is 11.8 Å². The smallest absolute Gasteiger partial charge is 0.481 e. The predicted octanol–water partition coefficient (Wildman–Crippen LogP) is 3.60. The Balaban J connectivity index is 0.000000349. The van der Waals surface area contributed by atoms with Crippen LogP contribution in [0.1, 0.15) is 24.8 Å². The van der Waals surface area contributed by atoms with Gasteiger partial charge in [0.2, 0.25) is 11.8 Å². The second kappa shape index (κ2) is 14.8. The zero-order valence-electron chi connectivity index (χ0n) is 21.7. The van der Waals surface area contributed by atoms with Gasteiger partial charge in [-0.1, -0.05) is 6.07 Å². The van der Waals surface area contributed by atoms with Crippen LogP contribution in [0.4, 0.5) is 26.3 Å². The van der Waals surface area contributed by atoms with E-state index in [9.17, 15) is 26.3 Å². The Hall–Kier alpha value is -3.73. The van der Waals surface area contributed by atoms with E-state index in [0.29, 0.717) is 24.3 Å². The molecule has 0 saturated carbocycles. The second-order valence-corrected chi connectivity index (χ2v) is 8.99. The van der Waals surface area contributed by atoms with E-state index in [-0.39, 0.29) is 5.60 Å². The molecular weight excluding hydrogens is 570 g/mol. The van der Waals surface area contributed by atoms with E-state index in [2.05, 4.69) is 25.9 Å². The number of methoxy groups -OCH3 is 1. The number of rotatable bonds is 7. The third-order valence-electron chi connectivity index (χ3n) is 5.86. The van der Waals surface area contributed by atoms with E-state index in [1.807, 2.05) is 6.07 Å². The summed E-state index contributed by atoms with van der Waals surface area (Å²) >= 11 is 0. The topological polar surface area (TPSA) is 144 Å². The standard InChI is InChI=1S/C20H26N4O3.2C2HF3O2/c1-25-19-17(3-2-6-23-19)13-24-14-20(15-24)11-16(5-10-27-20)4-9-26-18-12-21-7-8-22-18;2*3-2(4,5)1(6)7/h2-3,6-8,12,16H,4-5,9-11,13-15H2,1H3;2*(H,6,7). The number of aromatic nitrogens is 3. The minimum absolute atomic E-state index is 0.00487. The molecule has 2 aromatic rings. The summed E-state index contributed by atoms with van der Waals surface area (Å²) in [5.41, 5.74) is 1.13. The zero-order chi connectivity index (χ0) is 30.7. The Kier molecular flexibility index (Phi) is 12.1. The van der Waals surface area contributed by atoms with Crippen LogP contribution in [0.2, 0.25) is 0 Å². The van der Waals surface area contributed by atoms with Crippen molar-refractivity contribution in [1.82, 2.24) is 19.9 Å². The molecule has 2 aliphatic rings. The molecule has 1 atom stereocenters. The number of halogens is 6. The number of pyridine rings is 1. The van der Waals surface area contributed by atoms with Crippen molar-refractivity contribution < 1.29 is 60.4 Å². The van der Waals surface area contributed by atoms with Gasteiger partial charge in [0.25, 0.3) is 0 Å². The van der Waals surface area contributed by atoms with Gasteiger partial charge in [-0.05, 0) is 31.2 Å². The number of carboxylic acids is 2. The molecule has 2 fully saturated rings. The molecule has 2 saturated heterocycles. The van der Waals surface area contributed by atoms with Crippen LogP contribution in [0.3, 0.4) is 0 Å². The van der Waals surface area contributed by atoms with Gasteiger partial charge >= 0.3 is 24.3 Å². The molecule has 41 heavy (non-hydrogen) atoms. The number of hydrogen-bond acceptors (Lipinski definition) is 9. The molecule has 2 aliphatic heterocycles. The molecule has 1 unspecified atom stereocenters. The first kappa shape index (κ1) is 33.5. The molecule has 1 spiro atoms. The number of carboxylic acid groups (broad SMARTS) is 2. The first-order valence-electron chi connectivity index (χ1n) is 12.0. The fraction of sp³-hybridized carbons (Fsp3) is 0.542. The van der Waals surface area contributed by atoms with Gasteiger partial charge in [-0.15, -0.1) is 0 Å². The van der Waals surface area contributed by atoms with E-state index in [4.69, 9.17) is 34.0 Å². The third-order valence-corrected chi connectivity index (χ3v) is 5.86. The number of carbonyl (C=O) groups is 2. The average Bonchev–Trinajstić information content (AvgIpc) is 2.89. The second-order valence-electron chi connectivity index (χ2n) is 8.99. The molecule has 0 aliphatic carbocycles. The van der Waals surface area contributed by atoms with E-state index < -0.39 is 24.3 Å². The van der Waals surface area contributed by atoms with Crippen LogP contribution < -0.4 is 9.47 Å². The largest absolute Gasteiger partial charge is 0.490 e. The summed E-state index contributed by atoms with van der Waals surface area (Å²) in [5.74, 6) is -3.58. The summed E-state index contributed by atoms with van der Waals surface area (Å²) in [7, 11) is 1.67. The maximum absolute atomic E-state index is 10.6. The Morgan fingerprint density at radius 2 is 1.71 bits per heavy atom. The lowest BCUT2D eigenvalue weighted by atomic mass is 9.79. The molecule has 4 rings (SSSR count). The van der Waals surface area contributed by atoms with Crippen LogP contribution >= 0.6 is 0 Å². The quantitative estimate of drug-likeness (QED) is 0.451. The van der Waals surface area contributed by atoms with Gasteiger partial charge in [-0.2, -0.15) is 26.3 Å². The Bertz CT molecular complexity index is 1090. The van der Waals surface area contributed by atoms with Crippen molar-refractivity contribution in [2.75, 3.05) is 33.4 Å². The summed E-state index contributed by atoms with van der Waals surface area (Å²) in [4.78, 5) is 32.6. The predicted molar refractivity (Wildman–Crippen MR) is 127 cm³/mol. The van der Waals surface area contributed by atoms with Crippen molar-refractivity contribution in [2.24, 2.45) is 5.92 Å². The highest BCUT2D eigenvalue weighted by Crippen LogP contribution is 2.39. The van der Waals surface area contributed by atoms with Gasteiger partial charge in [0.05, 0.1) is 25.5 Å². The van der Waals surface area contributed by atoms with E-state index in [0.717, 1.165) is 51.1 Å². The first-order valence-corrected chi connectivity index (χ1v) is 12.0. The molecule has 0 radical (unpaired) electrons. The van der Waals surface area contributed by atoms with Crippen LogP contribution in [0.15, 0.2) is 36.9 Å². The summed E-state index contributed by atoms with van der Waals surface area (Å²) in [6.45, 7) is 4.29. The Morgan fingerprint density at radius 3 is 2.24 bits per heavy atom. The Morgan fingerprint density at radius 1 is 1.07 bits per heavy atom. The highest BCUT2D eigenvalue weighted by molar-refractivity contribution is 5.73. The van der Waals surface area contributed by atoms with E-state index in [1.165, 1.54) is 0 Å². The van der Waals surface area contributed by atoms with Gasteiger partial charge < -0.3 is 24.4 Å². The van der Waals surface area contributed by atoms with Crippen molar-refractivity contribution in [3.8, 4) is 11.8 Å². The number of ether oxygens (including phenoxy) is 3. The minimum atomic E-state index is -5.08. The van der Waals surface area contributed by atoms with Crippen molar-refractivity contribution in [2.45, 2.75) is 43.8 Å². The lowest BCUT2D eigenvalue weighted by Gasteiger charge is -2.53. The van der Waals surface area contributed by atoms with Crippen LogP contribution in [0.25, 0.3) is 0 Å². The van der Waals surface area contributed by atoms with E-state index >= 15 is 0 Å². The monoisotopic (exact) mass is 598 g/mol. The van der Waals surface area contributed by atoms with Crippen LogP contribution in [-0.4, -0.2) is 93.4 Å². The molecular formula is C24H28F6N4O7. The number of aliphatic carboxylic acids is 2. The lowest BCUT2D eigenvalue weighted by Crippen LogP contribution is -2.64. The number of alkyl halides is 6. The molecule has 4 heterocycles. The lowest BCUT2D eigenvalue weighted by molar-refractivity contribution is -0.193. The summed E-state index contributed by atoms with van der Waals surface area (Å²) in [6.07, 6.45) is -0.227. The fourth-order valence-corrected chi connectivity index (χ4v) is 4.14. The van der Waals surface area contributed by atoms with Gasteiger partial charge in [-0.25, -0.2) is 19.6 Å². The number of likely N-dealkylation sites (tertiary alicyclic amines) is 1. The van der Waals surface area contributed by atoms with Crippen molar-refractivity contribution >= 4 is 11.9 Å². The van der Waals surface area contributed by atoms with Gasteiger partial charge in [0.15, 0.2) is 0 Å². The number of hydrogen-bond donors (Lipinski definition) is 2. The SMILES string of the molecule is COc1ncccc1CN1CC2(CC(CCOc3cnccn3)CCO2)C1.O=C(O)C(F)(F)F.O=C(O)C(F)(F)F. The van der Waals surface area contributed by atoms with Crippen molar-refractivity contribution in [1.29, 1.82) is 0 Å². The van der Waals surface area contributed by atoms with Crippen molar-refractivity contribution in [3.05, 3.63) is 42.5 Å². The third kappa shape index (κ3) is 11.3. The highest BCUT2D eigenvalue weighted by Gasteiger charge is 2.47. The molecule has 0 bridgehead atoms. The number of nitrogens with zero attached hydrogens (tertiary/aromatic N) is 4. The first-order chi connectivity index (χ1) is 19.1. The zero-order valence-corrected chi connectivity index (χ0v) is 21.7. The van der Waals surface area contributed by atoms with Crippen molar-refractivity contribution in [3.63, 3.8) is 0 Å². The van der Waals surface area contributed by atoms with Gasteiger partial charge in [-0.3, -0.25) is 9.88 Å². The van der Waals surface area contributed by atoms with Gasteiger partial charge in [0, 0.05) is 50.4 Å². The highest BCUT2D eigenvalue weighted by atomic mass is 19.4. The maximum atomic E-state index is 10.6. The van der Waals surface area contributed by atoms with Crippen LogP contribution in [0, 0.1) is 5.92 Å². The molecule has 2 aromatic heterocycles. The molecule has 228 valence electrons. The molecule has 17 heteroatoms. The normalized spacial score (nSPS) is 18.1.